The molecule has 1 N–H and O–H groups in total. The van der Waals surface area contributed by atoms with Gasteiger partial charge in [-0.2, -0.15) is 4.98 Å². The third kappa shape index (κ3) is 4.85. The largest absolute Gasteiger partial charge is 0.363 e. The molecule has 0 atom stereocenters. The average Bonchev–Trinajstić information content (AvgIpc) is 2.68. The van der Waals surface area contributed by atoms with Crippen molar-refractivity contribution in [2.24, 2.45) is 0 Å². The molecule has 6 heteroatoms. The van der Waals surface area contributed by atoms with Crippen LogP contribution in [0.4, 0.5) is 23.1 Å². The number of carbonyl (C=O) groups is 1. The number of hydrogen-bond acceptors (Lipinski definition) is 5. The first-order valence-corrected chi connectivity index (χ1v) is 9.13. The lowest BCUT2D eigenvalue weighted by Crippen LogP contribution is -2.18. The van der Waals surface area contributed by atoms with Gasteiger partial charge in [0.25, 0.3) is 0 Å². The molecule has 0 unspecified atom stereocenters. The lowest BCUT2D eigenvalue weighted by atomic mass is 10.1. The highest BCUT2D eigenvalue weighted by Crippen LogP contribution is 2.24. The van der Waals surface area contributed by atoms with Crippen LogP contribution in [-0.2, 0) is 11.2 Å². The first kappa shape index (κ1) is 19.4. The Hall–Kier alpha value is -3.41. The van der Waals surface area contributed by atoms with Crippen LogP contribution in [0.1, 0.15) is 11.3 Å². The van der Waals surface area contributed by atoms with Crippen LogP contribution in [0.15, 0.2) is 60.7 Å². The molecule has 1 amide bonds. The molecule has 0 aliphatic carbocycles. The van der Waals surface area contributed by atoms with E-state index in [9.17, 15) is 4.79 Å². The van der Waals surface area contributed by atoms with Gasteiger partial charge >= 0.3 is 0 Å². The minimum atomic E-state index is -0.0371. The van der Waals surface area contributed by atoms with Crippen molar-refractivity contribution in [1.82, 2.24) is 9.97 Å². The number of carbonyl (C=O) groups excluding carboxylic acids is 1. The highest BCUT2D eigenvalue weighted by molar-refractivity contribution is 5.92. The summed E-state index contributed by atoms with van der Waals surface area (Å²) in [5.41, 5.74) is 3.60. The Labute approximate surface area is 165 Å². The Kier molecular flexibility index (Phi) is 5.89. The summed E-state index contributed by atoms with van der Waals surface area (Å²) in [5.74, 6) is 1.45. The molecule has 3 aromatic rings. The Morgan fingerprint density at radius 3 is 2.29 bits per heavy atom. The van der Waals surface area contributed by atoms with Crippen molar-refractivity contribution in [2.75, 3.05) is 36.3 Å². The minimum Gasteiger partial charge on any atom is -0.363 e. The zero-order valence-electron chi connectivity index (χ0n) is 16.7. The summed E-state index contributed by atoms with van der Waals surface area (Å²) in [6.45, 7) is 1.96. The number of aryl methyl sites for hydroxylation is 1. The SMILES string of the molecule is Cc1cc(N(C)C)nc(N(C)c2ccc(NC(=O)Cc3ccccc3)cc2)n1. The number of amides is 1. The van der Waals surface area contributed by atoms with Gasteiger partial charge in [-0.25, -0.2) is 4.98 Å². The second kappa shape index (κ2) is 8.52. The predicted molar refractivity (Wildman–Crippen MR) is 114 cm³/mol. The molecule has 2 aromatic carbocycles. The van der Waals surface area contributed by atoms with Crippen molar-refractivity contribution in [3.05, 3.63) is 71.9 Å². The quantitative estimate of drug-likeness (QED) is 0.710. The van der Waals surface area contributed by atoms with Gasteiger partial charge in [0.2, 0.25) is 11.9 Å². The molecule has 0 spiro atoms. The van der Waals surface area contributed by atoms with Crippen LogP contribution >= 0.6 is 0 Å². The molecule has 6 nitrogen and oxygen atoms in total. The fraction of sp³-hybridized carbons (Fsp3) is 0.227. The van der Waals surface area contributed by atoms with Crippen LogP contribution in [0, 0.1) is 6.92 Å². The minimum absolute atomic E-state index is 0.0371. The van der Waals surface area contributed by atoms with E-state index in [2.05, 4.69) is 15.3 Å². The van der Waals surface area contributed by atoms with E-state index >= 15 is 0 Å². The average molecular weight is 375 g/mol. The van der Waals surface area contributed by atoms with Crippen molar-refractivity contribution < 1.29 is 4.79 Å². The van der Waals surface area contributed by atoms with E-state index in [1.807, 2.05) is 98.5 Å². The second-order valence-corrected chi connectivity index (χ2v) is 6.88. The first-order valence-electron chi connectivity index (χ1n) is 9.13. The van der Waals surface area contributed by atoms with E-state index in [1.54, 1.807) is 0 Å². The lowest BCUT2D eigenvalue weighted by Gasteiger charge is -2.20. The van der Waals surface area contributed by atoms with Gasteiger partial charge in [-0.1, -0.05) is 30.3 Å². The number of aromatic nitrogens is 2. The summed E-state index contributed by atoms with van der Waals surface area (Å²) in [6.07, 6.45) is 0.354. The second-order valence-electron chi connectivity index (χ2n) is 6.88. The maximum atomic E-state index is 12.2. The summed E-state index contributed by atoms with van der Waals surface area (Å²) in [4.78, 5) is 25.2. The fourth-order valence-corrected chi connectivity index (χ4v) is 2.79. The molecule has 28 heavy (non-hydrogen) atoms. The van der Waals surface area contributed by atoms with Gasteiger partial charge < -0.3 is 15.1 Å². The fourth-order valence-electron chi connectivity index (χ4n) is 2.79. The van der Waals surface area contributed by atoms with Crippen LogP contribution in [0.3, 0.4) is 0 Å². The molecule has 144 valence electrons. The first-order chi connectivity index (χ1) is 13.4. The van der Waals surface area contributed by atoms with Gasteiger partial charge in [0.05, 0.1) is 6.42 Å². The maximum Gasteiger partial charge on any atom is 0.231 e. The number of nitrogens with zero attached hydrogens (tertiary/aromatic N) is 4. The molecule has 0 aliphatic heterocycles. The van der Waals surface area contributed by atoms with Crippen molar-refractivity contribution in [1.29, 1.82) is 0 Å². The van der Waals surface area contributed by atoms with E-state index in [4.69, 9.17) is 0 Å². The van der Waals surface area contributed by atoms with Crippen molar-refractivity contribution in [3.63, 3.8) is 0 Å². The van der Waals surface area contributed by atoms with Gasteiger partial charge in [0.1, 0.15) is 5.82 Å². The Morgan fingerprint density at radius 1 is 0.964 bits per heavy atom. The van der Waals surface area contributed by atoms with Crippen LogP contribution in [0.5, 0.6) is 0 Å². The van der Waals surface area contributed by atoms with Crippen LogP contribution in [0.2, 0.25) is 0 Å². The number of benzene rings is 2. The monoisotopic (exact) mass is 375 g/mol. The zero-order chi connectivity index (χ0) is 20.1. The van der Waals surface area contributed by atoms with E-state index in [0.717, 1.165) is 28.5 Å². The third-order valence-corrected chi connectivity index (χ3v) is 4.33. The van der Waals surface area contributed by atoms with Gasteiger partial charge in [-0.05, 0) is 36.8 Å². The van der Waals surface area contributed by atoms with Gasteiger partial charge in [-0.15, -0.1) is 0 Å². The van der Waals surface area contributed by atoms with E-state index in [0.29, 0.717) is 12.4 Å². The van der Waals surface area contributed by atoms with Crippen LogP contribution in [0.25, 0.3) is 0 Å². The molecule has 0 fully saturated rings. The summed E-state index contributed by atoms with van der Waals surface area (Å²) in [7, 11) is 5.84. The summed E-state index contributed by atoms with van der Waals surface area (Å²) < 4.78 is 0. The highest BCUT2D eigenvalue weighted by Gasteiger charge is 2.11. The molecule has 0 saturated heterocycles. The Balaban J connectivity index is 1.69. The molecule has 0 aliphatic rings. The van der Waals surface area contributed by atoms with E-state index in [1.165, 1.54) is 0 Å². The molecule has 1 heterocycles. The molecule has 3 rings (SSSR count). The molecule has 0 saturated carbocycles. The van der Waals surface area contributed by atoms with Crippen molar-refractivity contribution in [3.8, 4) is 0 Å². The molecular formula is C22H25N5O. The summed E-state index contributed by atoms with van der Waals surface area (Å²) >= 11 is 0. The molecule has 0 radical (unpaired) electrons. The standard InChI is InChI=1S/C22H25N5O/c1-16-14-20(26(2)3)25-22(23-16)27(4)19-12-10-18(11-13-19)24-21(28)15-17-8-6-5-7-9-17/h5-14H,15H2,1-4H3,(H,24,28). The topological polar surface area (TPSA) is 61.4 Å². The lowest BCUT2D eigenvalue weighted by molar-refractivity contribution is -0.115. The number of nitrogens with one attached hydrogen (secondary N) is 1. The zero-order valence-corrected chi connectivity index (χ0v) is 16.7. The molecule has 1 aromatic heterocycles. The molecule has 0 bridgehead atoms. The third-order valence-electron chi connectivity index (χ3n) is 4.33. The number of hydrogen-bond donors (Lipinski definition) is 1. The number of rotatable bonds is 6. The van der Waals surface area contributed by atoms with Crippen molar-refractivity contribution in [2.45, 2.75) is 13.3 Å². The van der Waals surface area contributed by atoms with Crippen molar-refractivity contribution >= 4 is 29.0 Å². The summed E-state index contributed by atoms with van der Waals surface area (Å²) in [5, 5.41) is 2.93. The number of anilines is 4. The van der Waals surface area contributed by atoms with Gasteiger partial charge in [0, 0.05) is 44.3 Å². The molecular weight excluding hydrogens is 350 g/mol. The van der Waals surface area contributed by atoms with E-state index in [-0.39, 0.29) is 5.91 Å². The smallest absolute Gasteiger partial charge is 0.231 e. The maximum absolute atomic E-state index is 12.2. The normalized spacial score (nSPS) is 10.4. The predicted octanol–water partition coefficient (Wildman–Crippen LogP) is 3.80. The van der Waals surface area contributed by atoms with Gasteiger partial charge in [0.15, 0.2) is 0 Å². The highest BCUT2D eigenvalue weighted by atomic mass is 16.1. The Bertz CT molecular complexity index is 939. The summed E-state index contributed by atoms with van der Waals surface area (Å²) in [6, 6.07) is 19.3. The van der Waals surface area contributed by atoms with Crippen LogP contribution < -0.4 is 15.1 Å². The van der Waals surface area contributed by atoms with E-state index < -0.39 is 0 Å². The van der Waals surface area contributed by atoms with Crippen LogP contribution in [-0.4, -0.2) is 37.0 Å². The Morgan fingerprint density at radius 2 is 1.64 bits per heavy atom. The van der Waals surface area contributed by atoms with Gasteiger partial charge in [-0.3, -0.25) is 4.79 Å².